The lowest BCUT2D eigenvalue weighted by Gasteiger charge is -2.08. The van der Waals surface area contributed by atoms with Gasteiger partial charge in [0, 0.05) is 26.3 Å². The monoisotopic (exact) mass is 277 g/mol. The maximum absolute atomic E-state index is 5.70. The summed E-state index contributed by atoms with van der Waals surface area (Å²) in [6.45, 7) is 5.93. The van der Waals surface area contributed by atoms with Crippen molar-refractivity contribution in [3.05, 3.63) is 24.3 Å². The quantitative estimate of drug-likeness (QED) is 0.835. The molecule has 0 saturated carbocycles. The summed E-state index contributed by atoms with van der Waals surface area (Å²) in [5.74, 6) is 2.41. The van der Waals surface area contributed by atoms with E-state index in [1.54, 1.807) is 24.1 Å². The molecule has 7 heteroatoms. The molecule has 2 aromatic rings. The topological polar surface area (TPSA) is 74.1 Å². The fraction of sp³-hybridized carbons (Fsp3) is 0.462. The molecule has 0 aliphatic carbocycles. The number of hydrogen-bond acceptors (Lipinski definition) is 6. The predicted octanol–water partition coefficient (Wildman–Crippen LogP) is 2.06. The number of nitrogens with one attached hydrogen (secondary N) is 1. The van der Waals surface area contributed by atoms with Gasteiger partial charge >= 0.3 is 0 Å². The van der Waals surface area contributed by atoms with E-state index in [4.69, 9.17) is 9.47 Å². The van der Waals surface area contributed by atoms with E-state index in [1.807, 2.05) is 20.0 Å². The van der Waals surface area contributed by atoms with Crippen molar-refractivity contribution in [1.29, 1.82) is 0 Å². The first-order valence-corrected chi connectivity index (χ1v) is 6.56. The zero-order chi connectivity index (χ0) is 14.4. The lowest BCUT2D eigenvalue weighted by atomic mass is 10.5. The van der Waals surface area contributed by atoms with Crippen molar-refractivity contribution >= 4 is 5.82 Å². The van der Waals surface area contributed by atoms with Crippen molar-refractivity contribution in [3.63, 3.8) is 0 Å². The van der Waals surface area contributed by atoms with Crippen LogP contribution in [0, 0.1) is 0 Å². The zero-order valence-corrected chi connectivity index (χ0v) is 12.0. The number of aryl methyl sites for hydroxylation is 1. The summed E-state index contributed by atoms with van der Waals surface area (Å²) in [4.78, 5) is 8.63. The number of hydrogen-bond donors (Lipinski definition) is 1. The van der Waals surface area contributed by atoms with Gasteiger partial charge in [-0.25, -0.2) is 4.98 Å². The molecule has 0 bridgehead atoms. The Morgan fingerprint density at radius 3 is 2.80 bits per heavy atom. The summed E-state index contributed by atoms with van der Waals surface area (Å²) in [6.07, 6.45) is 3.49. The van der Waals surface area contributed by atoms with Crippen LogP contribution in [0.15, 0.2) is 18.5 Å². The molecule has 0 unspecified atom stereocenters. The van der Waals surface area contributed by atoms with Crippen LogP contribution in [0.5, 0.6) is 11.6 Å². The van der Waals surface area contributed by atoms with E-state index >= 15 is 0 Å². The molecule has 0 aliphatic heterocycles. The van der Waals surface area contributed by atoms with Gasteiger partial charge in [0.05, 0.1) is 12.4 Å². The average Bonchev–Trinajstić information content (AvgIpc) is 2.87. The van der Waals surface area contributed by atoms with Crippen LogP contribution in [0.1, 0.15) is 19.7 Å². The minimum absolute atomic E-state index is 0.337. The zero-order valence-electron chi connectivity index (χ0n) is 12.0. The van der Waals surface area contributed by atoms with Crippen molar-refractivity contribution in [1.82, 2.24) is 19.7 Å². The molecule has 0 spiro atoms. The van der Waals surface area contributed by atoms with E-state index in [2.05, 4.69) is 20.4 Å². The van der Waals surface area contributed by atoms with E-state index < -0.39 is 0 Å². The summed E-state index contributed by atoms with van der Waals surface area (Å²) in [6, 6.07) is 1.76. The third-order valence-electron chi connectivity index (χ3n) is 2.54. The highest BCUT2D eigenvalue weighted by Crippen LogP contribution is 2.21. The van der Waals surface area contributed by atoms with Gasteiger partial charge in [0.25, 0.3) is 0 Å². The number of aromatic nitrogens is 4. The highest BCUT2D eigenvalue weighted by molar-refractivity contribution is 5.39. The second-order valence-corrected chi connectivity index (χ2v) is 4.10. The molecule has 2 heterocycles. The highest BCUT2D eigenvalue weighted by Gasteiger charge is 2.07. The third kappa shape index (κ3) is 3.67. The maximum atomic E-state index is 5.70. The molecule has 0 amide bonds. The van der Waals surface area contributed by atoms with Gasteiger partial charge in [0.2, 0.25) is 5.88 Å². The summed E-state index contributed by atoms with van der Waals surface area (Å²) < 4.78 is 12.6. The first-order chi connectivity index (χ1) is 9.75. The number of ether oxygens (including phenoxy) is 2. The molecule has 2 aromatic heterocycles. The normalized spacial score (nSPS) is 10.6. The molecule has 20 heavy (non-hydrogen) atoms. The number of rotatable bonds is 7. The Balaban J connectivity index is 2.20. The van der Waals surface area contributed by atoms with Crippen LogP contribution in [-0.2, 0) is 17.9 Å². The Hall–Kier alpha value is -2.15. The van der Waals surface area contributed by atoms with Gasteiger partial charge in [-0.05, 0) is 13.8 Å². The fourth-order valence-electron chi connectivity index (χ4n) is 1.68. The van der Waals surface area contributed by atoms with Crippen molar-refractivity contribution in [3.8, 4) is 11.6 Å². The smallest absolute Gasteiger partial charge is 0.224 e. The predicted molar refractivity (Wildman–Crippen MR) is 74.9 cm³/mol. The highest BCUT2D eigenvalue weighted by atomic mass is 16.5. The average molecular weight is 277 g/mol. The van der Waals surface area contributed by atoms with Crippen molar-refractivity contribution in [2.45, 2.75) is 27.0 Å². The summed E-state index contributed by atoms with van der Waals surface area (Å²) in [5, 5.41) is 7.30. The first-order valence-electron chi connectivity index (χ1n) is 6.56. The SMILES string of the molecule is CCNc1cc(Oc2cnn(CC)c2)nc(COC)n1. The third-order valence-corrected chi connectivity index (χ3v) is 2.54. The Labute approximate surface area is 118 Å². The molecule has 0 fully saturated rings. The fourth-order valence-corrected chi connectivity index (χ4v) is 1.68. The van der Waals surface area contributed by atoms with E-state index in [0.29, 0.717) is 29.9 Å². The Morgan fingerprint density at radius 2 is 2.15 bits per heavy atom. The lowest BCUT2D eigenvalue weighted by Crippen LogP contribution is -2.05. The maximum Gasteiger partial charge on any atom is 0.224 e. The number of anilines is 1. The summed E-state index contributed by atoms with van der Waals surface area (Å²) in [7, 11) is 1.61. The molecule has 108 valence electrons. The second-order valence-electron chi connectivity index (χ2n) is 4.10. The summed E-state index contributed by atoms with van der Waals surface area (Å²) in [5.41, 5.74) is 0. The van der Waals surface area contributed by atoms with Crippen LogP contribution in [0.4, 0.5) is 5.82 Å². The lowest BCUT2D eigenvalue weighted by molar-refractivity contribution is 0.177. The minimum Gasteiger partial charge on any atom is -0.436 e. The Kier molecular flexibility index (Phi) is 4.89. The Bertz CT molecular complexity index is 531. The number of methoxy groups -OCH3 is 1. The van der Waals surface area contributed by atoms with Crippen LogP contribution in [0.3, 0.4) is 0 Å². The van der Waals surface area contributed by atoms with E-state index in [1.165, 1.54) is 0 Å². The van der Waals surface area contributed by atoms with Crippen LogP contribution in [-0.4, -0.2) is 33.4 Å². The molecule has 0 atom stereocenters. The van der Waals surface area contributed by atoms with Gasteiger partial charge < -0.3 is 14.8 Å². The van der Waals surface area contributed by atoms with E-state index in [-0.39, 0.29) is 0 Å². The van der Waals surface area contributed by atoms with Gasteiger partial charge in [-0.15, -0.1) is 0 Å². The van der Waals surface area contributed by atoms with Gasteiger partial charge in [-0.2, -0.15) is 10.1 Å². The Morgan fingerprint density at radius 1 is 1.30 bits per heavy atom. The van der Waals surface area contributed by atoms with Crippen molar-refractivity contribution in [2.24, 2.45) is 0 Å². The van der Waals surface area contributed by atoms with Gasteiger partial charge in [0.1, 0.15) is 12.4 Å². The molecule has 7 nitrogen and oxygen atoms in total. The van der Waals surface area contributed by atoms with E-state index in [0.717, 1.165) is 13.1 Å². The molecule has 0 saturated heterocycles. The van der Waals surface area contributed by atoms with Crippen molar-refractivity contribution in [2.75, 3.05) is 19.0 Å². The standard InChI is InChI=1S/C13H19N5O2/c1-4-14-11-6-13(17-12(16-11)9-19-3)20-10-7-15-18(5-2)8-10/h6-8H,4-5,9H2,1-3H3,(H,14,16,17). The molecule has 1 N–H and O–H groups in total. The first kappa shape index (κ1) is 14.3. The molecular formula is C13H19N5O2. The van der Waals surface area contributed by atoms with E-state index in [9.17, 15) is 0 Å². The van der Waals surface area contributed by atoms with Gasteiger partial charge in [-0.3, -0.25) is 4.68 Å². The van der Waals surface area contributed by atoms with Gasteiger partial charge in [-0.1, -0.05) is 0 Å². The second kappa shape index (κ2) is 6.85. The molecular weight excluding hydrogens is 258 g/mol. The number of nitrogens with zero attached hydrogens (tertiary/aromatic N) is 4. The molecule has 0 aliphatic rings. The van der Waals surface area contributed by atoms with Crippen LogP contribution >= 0.6 is 0 Å². The molecule has 2 rings (SSSR count). The van der Waals surface area contributed by atoms with Crippen LogP contribution in [0.25, 0.3) is 0 Å². The van der Waals surface area contributed by atoms with Gasteiger partial charge in [0.15, 0.2) is 11.6 Å². The molecule has 0 radical (unpaired) electrons. The van der Waals surface area contributed by atoms with Crippen molar-refractivity contribution < 1.29 is 9.47 Å². The van der Waals surface area contributed by atoms with Crippen LogP contribution in [0.2, 0.25) is 0 Å². The summed E-state index contributed by atoms with van der Waals surface area (Å²) >= 11 is 0. The largest absolute Gasteiger partial charge is 0.436 e. The minimum atomic E-state index is 0.337. The molecule has 0 aromatic carbocycles. The van der Waals surface area contributed by atoms with Crippen LogP contribution < -0.4 is 10.1 Å².